The van der Waals surface area contributed by atoms with E-state index < -0.39 is 6.09 Å². The molecule has 0 aliphatic carbocycles. The lowest BCUT2D eigenvalue weighted by molar-refractivity contribution is 0.141. The van der Waals surface area contributed by atoms with Gasteiger partial charge in [-0.25, -0.2) is 19.7 Å². The Kier molecular flexibility index (Phi) is 5.15. The molecular formula is C17H22N6O3. The second-order valence-corrected chi connectivity index (χ2v) is 6.24. The molecule has 9 nitrogen and oxygen atoms in total. The molecule has 9 heteroatoms. The third-order valence-electron chi connectivity index (χ3n) is 4.67. The highest BCUT2D eigenvalue weighted by molar-refractivity contribution is 5.66. The lowest BCUT2D eigenvalue weighted by Gasteiger charge is -2.30. The largest absolute Gasteiger partial charge is 0.465 e. The highest BCUT2D eigenvalue weighted by Crippen LogP contribution is 2.21. The van der Waals surface area contributed by atoms with Crippen LogP contribution in [0.5, 0.6) is 0 Å². The molecule has 1 amide bonds. The molecule has 3 rings (SSSR count). The molecule has 0 unspecified atom stereocenters. The lowest BCUT2D eigenvalue weighted by Crippen LogP contribution is -2.44. The van der Waals surface area contributed by atoms with Crippen LogP contribution in [-0.4, -0.2) is 61.3 Å². The van der Waals surface area contributed by atoms with E-state index in [4.69, 9.17) is 0 Å². The number of amides is 1. The van der Waals surface area contributed by atoms with Gasteiger partial charge in [-0.3, -0.25) is 9.36 Å². The van der Waals surface area contributed by atoms with E-state index in [-0.39, 0.29) is 11.6 Å². The van der Waals surface area contributed by atoms with E-state index in [1.165, 1.54) is 21.9 Å². The van der Waals surface area contributed by atoms with E-state index in [1.54, 1.807) is 19.3 Å². The summed E-state index contributed by atoms with van der Waals surface area (Å²) in [5, 5.41) is 9.35. The second kappa shape index (κ2) is 7.51. The lowest BCUT2D eigenvalue weighted by atomic mass is 10.2. The maximum Gasteiger partial charge on any atom is 0.407 e. The molecule has 1 atom stereocenters. The molecule has 0 aromatic carbocycles. The number of likely N-dealkylation sites (tertiary alicyclic amines) is 1. The van der Waals surface area contributed by atoms with Crippen molar-refractivity contribution in [3.05, 3.63) is 35.0 Å². The normalized spacial score (nSPS) is 16.7. The number of anilines is 1. The molecule has 26 heavy (non-hydrogen) atoms. The number of carboxylic acid groups (broad SMARTS) is 1. The minimum Gasteiger partial charge on any atom is -0.465 e. The highest BCUT2D eigenvalue weighted by Gasteiger charge is 2.30. The van der Waals surface area contributed by atoms with Crippen molar-refractivity contribution in [2.24, 2.45) is 7.05 Å². The summed E-state index contributed by atoms with van der Waals surface area (Å²) in [7, 11) is 1.67. The average Bonchev–Trinajstić information content (AvgIpc) is 3.11. The van der Waals surface area contributed by atoms with E-state index in [0.717, 1.165) is 12.8 Å². The highest BCUT2D eigenvalue weighted by atomic mass is 16.4. The summed E-state index contributed by atoms with van der Waals surface area (Å²) in [6.45, 7) is 3.61. The van der Waals surface area contributed by atoms with Crippen molar-refractivity contribution in [3.8, 4) is 11.4 Å². The van der Waals surface area contributed by atoms with Crippen LogP contribution in [-0.2, 0) is 7.05 Å². The fourth-order valence-electron chi connectivity index (χ4n) is 3.27. The zero-order valence-corrected chi connectivity index (χ0v) is 14.9. The summed E-state index contributed by atoms with van der Waals surface area (Å²) in [6, 6.07) is 3.04. The summed E-state index contributed by atoms with van der Waals surface area (Å²) in [6.07, 6.45) is 3.77. The molecule has 2 aromatic heterocycles. The molecule has 0 radical (unpaired) electrons. The third kappa shape index (κ3) is 3.51. The van der Waals surface area contributed by atoms with Gasteiger partial charge in [0.1, 0.15) is 6.33 Å². The number of nitrogens with zero attached hydrogens (tertiary/aromatic N) is 6. The monoisotopic (exact) mass is 358 g/mol. The molecule has 138 valence electrons. The van der Waals surface area contributed by atoms with Gasteiger partial charge in [0.15, 0.2) is 0 Å². The number of likely N-dealkylation sites (N-methyl/N-ethyl adjacent to an activating group) is 1. The maximum absolute atomic E-state index is 12.4. The first kappa shape index (κ1) is 17.8. The molecule has 3 heterocycles. The fourth-order valence-corrected chi connectivity index (χ4v) is 3.27. The number of carbonyl (C=O) groups is 1. The van der Waals surface area contributed by atoms with Gasteiger partial charge < -0.3 is 14.9 Å². The van der Waals surface area contributed by atoms with Gasteiger partial charge in [0.25, 0.3) is 5.56 Å². The zero-order chi connectivity index (χ0) is 18.7. The molecule has 1 aliphatic rings. The van der Waals surface area contributed by atoms with E-state index in [2.05, 4.69) is 15.0 Å². The zero-order valence-electron chi connectivity index (χ0n) is 14.9. The quantitative estimate of drug-likeness (QED) is 0.856. The van der Waals surface area contributed by atoms with Gasteiger partial charge in [0.2, 0.25) is 5.95 Å². The number of hydrogen-bond donors (Lipinski definition) is 1. The van der Waals surface area contributed by atoms with Gasteiger partial charge in [0.05, 0.1) is 17.4 Å². The topological polar surface area (TPSA) is 104 Å². The Morgan fingerprint density at radius 2 is 2.23 bits per heavy atom. The Morgan fingerprint density at radius 3 is 2.88 bits per heavy atom. The molecular weight excluding hydrogens is 336 g/mol. The first-order chi connectivity index (χ1) is 12.5. The van der Waals surface area contributed by atoms with Gasteiger partial charge in [-0.15, -0.1) is 0 Å². The van der Waals surface area contributed by atoms with Gasteiger partial charge >= 0.3 is 6.09 Å². The molecule has 1 aliphatic heterocycles. The Bertz CT molecular complexity index is 838. The minimum absolute atomic E-state index is 0.105. The van der Waals surface area contributed by atoms with Crippen LogP contribution < -0.4 is 10.5 Å². The number of hydrogen-bond acceptors (Lipinski definition) is 6. The van der Waals surface area contributed by atoms with Gasteiger partial charge in [-0.1, -0.05) is 0 Å². The first-order valence-electron chi connectivity index (χ1n) is 8.60. The standard InChI is InChI=1S/C17H22N6O3/c1-3-22(10-12-5-4-8-23(12)17(25)26)16-20-14(9-15(24)21(16)2)13-6-7-18-11-19-13/h6-7,9,11-12H,3-5,8,10H2,1-2H3,(H,25,26)/t12-/m1/s1. The molecule has 0 bridgehead atoms. The van der Waals surface area contributed by atoms with Crippen molar-refractivity contribution in [2.45, 2.75) is 25.8 Å². The third-order valence-corrected chi connectivity index (χ3v) is 4.67. The smallest absolute Gasteiger partial charge is 0.407 e. The van der Waals surface area contributed by atoms with Crippen molar-refractivity contribution >= 4 is 12.0 Å². The van der Waals surface area contributed by atoms with Gasteiger partial charge in [-0.2, -0.15) is 0 Å². The summed E-state index contributed by atoms with van der Waals surface area (Å²) < 4.78 is 1.48. The van der Waals surface area contributed by atoms with Crippen LogP contribution in [0.4, 0.5) is 10.7 Å². The van der Waals surface area contributed by atoms with E-state index in [1.807, 2.05) is 11.8 Å². The Morgan fingerprint density at radius 1 is 1.42 bits per heavy atom. The van der Waals surface area contributed by atoms with Crippen LogP contribution in [0.1, 0.15) is 19.8 Å². The summed E-state index contributed by atoms with van der Waals surface area (Å²) in [4.78, 5) is 39.9. The van der Waals surface area contributed by atoms with Crippen LogP contribution in [0.2, 0.25) is 0 Å². The summed E-state index contributed by atoms with van der Waals surface area (Å²) in [5.74, 6) is 0.505. The maximum atomic E-state index is 12.4. The Labute approximate surface area is 150 Å². The summed E-state index contributed by atoms with van der Waals surface area (Å²) >= 11 is 0. The molecule has 1 saturated heterocycles. The average molecular weight is 358 g/mol. The van der Waals surface area contributed by atoms with Gasteiger partial charge in [0, 0.05) is 38.9 Å². The Hall–Kier alpha value is -2.97. The van der Waals surface area contributed by atoms with E-state index in [0.29, 0.717) is 37.0 Å². The summed E-state index contributed by atoms with van der Waals surface area (Å²) in [5.41, 5.74) is 0.858. The van der Waals surface area contributed by atoms with Crippen LogP contribution in [0.15, 0.2) is 29.5 Å². The van der Waals surface area contributed by atoms with Crippen molar-refractivity contribution in [1.82, 2.24) is 24.4 Å². The molecule has 2 aromatic rings. The van der Waals surface area contributed by atoms with Crippen LogP contribution in [0.3, 0.4) is 0 Å². The van der Waals surface area contributed by atoms with Crippen molar-refractivity contribution in [2.75, 3.05) is 24.5 Å². The number of aromatic nitrogens is 4. The fraction of sp³-hybridized carbons (Fsp3) is 0.471. The predicted octanol–water partition coefficient (Wildman–Crippen LogP) is 1.21. The van der Waals surface area contributed by atoms with Crippen molar-refractivity contribution in [1.29, 1.82) is 0 Å². The SMILES string of the molecule is CCN(C[C@H]1CCCN1C(=O)O)c1nc(-c2ccncn2)cc(=O)n1C. The predicted molar refractivity (Wildman–Crippen MR) is 96.1 cm³/mol. The Balaban J connectivity index is 1.94. The molecule has 0 saturated carbocycles. The van der Waals surface area contributed by atoms with Crippen LogP contribution >= 0.6 is 0 Å². The molecule has 1 N–H and O–H groups in total. The van der Waals surface area contributed by atoms with Crippen LogP contribution in [0, 0.1) is 0 Å². The van der Waals surface area contributed by atoms with Gasteiger partial charge in [-0.05, 0) is 25.8 Å². The molecule has 1 fully saturated rings. The first-order valence-corrected chi connectivity index (χ1v) is 8.60. The second-order valence-electron chi connectivity index (χ2n) is 6.24. The molecule has 0 spiro atoms. The van der Waals surface area contributed by atoms with Crippen molar-refractivity contribution in [3.63, 3.8) is 0 Å². The van der Waals surface area contributed by atoms with E-state index >= 15 is 0 Å². The number of rotatable bonds is 5. The van der Waals surface area contributed by atoms with Crippen LogP contribution in [0.25, 0.3) is 11.4 Å². The van der Waals surface area contributed by atoms with Crippen molar-refractivity contribution < 1.29 is 9.90 Å². The van der Waals surface area contributed by atoms with E-state index in [9.17, 15) is 14.7 Å². The minimum atomic E-state index is -0.903.